The van der Waals surface area contributed by atoms with Gasteiger partial charge in [-0.25, -0.2) is 4.98 Å². The molecule has 0 spiro atoms. The van der Waals surface area contributed by atoms with Gasteiger partial charge in [0.2, 0.25) is 0 Å². The zero-order valence-electron chi connectivity index (χ0n) is 21.4. The number of unbranched alkanes of at least 4 members (excludes halogenated alkanes) is 1. The van der Waals surface area contributed by atoms with Crippen molar-refractivity contribution < 1.29 is 14.3 Å². The highest BCUT2D eigenvalue weighted by atomic mass is 16.5. The Morgan fingerprint density at radius 3 is 2.58 bits per heavy atom. The number of hydrogen-bond acceptors (Lipinski definition) is 4. The number of methoxy groups -OCH3 is 1. The van der Waals surface area contributed by atoms with E-state index in [4.69, 9.17) is 14.5 Å². The number of rotatable bonds is 12. The van der Waals surface area contributed by atoms with Crippen LogP contribution in [0.3, 0.4) is 0 Å². The molecule has 0 radical (unpaired) electrons. The minimum absolute atomic E-state index is 0.121. The molecular formula is C30H35N3O3. The summed E-state index contributed by atoms with van der Waals surface area (Å²) >= 11 is 0. The molecular weight excluding hydrogens is 450 g/mol. The van der Waals surface area contributed by atoms with Crippen LogP contribution in [0.5, 0.6) is 11.5 Å². The van der Waals surface area contributed by atoms with Crippen molar-refractivity contribution in [2.45, 2.75) is 46.1 Å². The van der Waals surface area contributed by atoms with E-state index in [0.717, 1.165) is 54.8 Å². The lowest BCUT2D eigenvalue weighted by molar-refractivity contribution is 0.0950. The third-order valence-electron chi connectivity index (χ3n) is 6.47. The number of nitrogens with zero attached hydrogens (tertiary/aromatic N) is 2. The molecule has 1 aromatic heterocycles. The van der Waals surface area contributed by atoms with Crippen LogP contribution < -0.4 is 14.8 Å². The quantitative estimate of drug-likeness (QED) is 0.254. The van der Waals surface area contributed by atoms with E-state index in [-0.39, 0.29) is 5.91 Å². The number of para-hydroxylation sites is 3. The lowest BCUT2D eigenvalue weighted by atomic mass is 10.1. The Bertz CT molecular complexity index is 1310. The average Bonchev–Trinajstić information content (AvgIpc) is 3.25. The lowest BCUT2D eigenvalue weighted by Gasteiger charge is -2.11. The van der Waals surface area contributed by atoms with Gasteiger partial charge >= 0.3 is 0 Å². The Morgan fingerprint density at radius 2 is 1.75 bits per heavy atom. The second kappa shape index (κ2) is 12.2. The van der Waals surface area contributed by atoms with Crippen LogP contribution in [0.15, 0.2) is 66.7 Å². The summed E-state index contributed by atoms with van der Waals surface area (Å²) in [6, 6.07) is 21.8. The van der Waals surface area contributed by atoms with Gasteiger partial charge in [0, 0.05) is 19.5 Å². The van der Waals surface area contributed by atoms with Gasteiger partial charge in [0.25, 0.3) is 5.91 Å². The molecule has 3 aromatic carbocycles. The fourth-order valence-corrected chi connectivity index (χ4v) is 4.31. The topological polar surface area (TPSA) is 65.4 Å². The summed E-state index contributed by atoms with van der Waals surface area (Å²) in [5.41, 5.74) is 5.25. The molecule has 4 aromatic rings. The first-order valence-electron chi connectivity index (χ1n) is 12.6. The molecule has 4 rings (SSSR count). The maximum Gasteiger partial charge on any atom is 0.255 e. The van der Waals surface area contributed by atoms with Crippen LogP contribution in [0.2, 0.25) is 0 Å². The largest absolute Gasteiger partial charge is 0.496 e. The first kappa shape index (κ1) is 25.3. The van der Waals surface area contributed by atoms with Crippen LogP contribution in [0.1, 0.15) is 46.6 Å². The minimum atomic E-state index is -0.121. The number of ether oxygens (including phenoxy) is 2. The standard InChI is InChI=1S/C30H35N3O3/c1-22-16-17-24(21-23(22)2)36-20-9-8-19-33-27-13-6-5-12-26(27)32-29(33)15-10-18-31-30(34)25-11-4-7-14-28(25)35-3/h4-7,11-14,16-17,21H,8-10,15,18-20H2,1-3H3,(H,31,34). The number of fused-ring (bicyclic) bond motifs is 1. The number of amides is 1. The number of benzene rings is 3. The van der Waals surface area contributed by atoms with Crippen molar-refractivity contribution >= 4 is 16.9 Å². The Kier molecular flexibility index (Phi) is 8.61. The van der Waals surface area contributed by atoms with Gasteiger partial charge < -0.3 is 19.4 Å². The molecule has 0 aliphatic carbocycles. The van der Waals surface area contributed by atoms with Crippen molar-refractivity contribution in [1.29, 1.82) is 0 Å². The molecule has 1 heterocycles. The zero-order chi connectivity index (χ0) is 25.3. The lowest BCUT2D eigenvalue weighted by Crippen LogP contribution is -2.25. The van der Waals surface area contributed by atoms with E-state index in [0.29, 0.717) is 24.5 Å². The molecule has 1 amide bonds. The number of carbonyl (C=O) groups excluding carboxylic acids is 1. The molecule has 0 saturated carbocycles. The molecule has 0 saturated heterocycles. The second-order valence-electron chi connectivity index (χ2n) is 9.03. The normalized spacial score (nSPS) is 11.0. The molecule has 0 fully saturated rings. The molecule has 0 unspecified atom stereocenters. The predicted molar refractivity (Wildman–Crippen MR) is 144 cm³/mol. The second-order valence-corrected chi connectivity index (χ2v) is 9.03. The number of imidazole rings is 1. The molecule has 6 nitrogen and oxygen atoms in total. The smallest absolute Gasteiger partial charge is 0.255 e. The summed E-state index contributed by atoms with van der Waals surface area (Å²) in [5.74, 6) is 2.45. The van der Waals surface area contributed by atoms with Crippen molar-refractivity contribution in [3.63, 3.8) is 0 Å². The zero-order valence-corrected chi connectivity index (χ0v) is 21.4. The van der Waals surface area contributed by atoms with Crippen LogP contribution in [0.4, 0.5) is 0 Å². The van der Waals surface area contributed by atoms with E-state index in [1.54, 1.807) is 19.2 Å². The third kappa shape index (κ3) is 6.25. The van der Waals surface area contributed by atoms with Gasteiger partial charge in [0.05, 0.1) is 30.3 Å². The molecule has 36 heavy (non-hydrogen) atoms. The summed E-state index contributed by atoms with van der Waals surface area (Å²) in [7, 11) is 1.58. The van der Waals surface area contributed by atoms with Crippen molar-refractivity contribution in [3.8, 4) is 11.5 Å². The summed E-state index contributed by atoms with van der Waals surface area (Å²) in [6.45, 7) is 6.38. The van der Waals surface area contributed by atoms with Crippen LogP contribution >= 0.6 is 0 Å². The van der Waals surface area contributed by atoms with Crippen LogP contribution in [-0.2, 0) is 13.0 Å². The molecule has 0 aliphatic rings. The summed E-state index contributed by atoms with van der Waals surface area (Å²) in [5, 5.41) is 3.01. The van der Waals surface area contributed by atoms with Crippen LogP contribution in [-0.4, -0.2) is 35.7 Å². The van der Waals surface area contributed by atoms with Crippen molar-refractivity contribution in [1.82, 2.24) is 14.9 Å². The monoisotopic (exact) mass is 485 g/mol. The third-order valence-corrected chi connectivity index (χ3v) is 6.47. The van der Waals surface area contributed by atoms with E-state index in [9.17, 15) is 4.79 Å². The number of nitrogens with one attached hydrogen (secondary N) is 1. The summed E-state index contributed by atoms with van der Waals surface area (Å²) in [6.07, 6.45) is 3.57. The van der Waals surface area contributed by atoms with Crippen molar-refractivity contribution in [3.05, 3.63) is 89.2 Å². The summed E-state index contributed by atoms with van der Waals surface area (Å²) < 4.78 is 13.6. The van der Waals surface area contributed by atoms with E-state index in [2.05, 4.69) is 54.1 Å². The Labute approximate surface area is 213 Å². The number of aromatic nitrogens is 2. The predicted octanol–water partition coefficient (Wildman–Crippen LogP) is 5.88. The molecule has 188 valence electrons. The maximum atomic E-state index is 12.6. The SMILES string of the molecule is COc1ccccc1C(=O)NCCCc1nc2ccccc2n1CCCCOc1ccc(C)c(C)c1. The fraction of sp³-hybridized carbons (Fsp3) is 0.333. The Morgan fingerprint density at radius 1 is 0.944 bits per heavy atom. The fourth-order valence-electron chi connectivity index (χ4n) is 4.31. The first-order chi connectivity index (χ1) is 17.6. The van der Waals surface area contributed by atoms with E-state index in [1.165, 1.54) is 11.1 Å². The maximum absolute atomic E-state index is 12.6. The van der Waals surface area contributed by atoms with Gasteiger partial charge in [-0.1, -0.05) is 30.3 Å². The van der Waals surface area contributed by atoms with E-state index in [1.807, 2.05) is 24.3 Å². The Balaban J connectivity index is 1.30. The summed E-state index contributed by atoms with van der Waals surface area (Å²) in [4.78, 5) is 17.4. The molecule has 6 heteroatoms. The van der Waals surface area contributed by atoms with Gasteiger partial charge in [-0.3, -0.25) is 4.79 Å². The van der Waals surface area contributed by atoms with Gasteiger partial charge in [-0.05, 0) is 80.6 Å². The average molecular weight is 486 g/mol. The molecule has 0 aliphatic heterocycles. The molecule has 1 N–H and O–H groups in total. The van der Waals surface area contributed by atoms with Crippen LogP contribution in [0, 0.1) is 13.8 Å². The number of aryl methyl sites for hydroxylation is 4. The van der Waals surface area contributed by atoms with Gasteiger partial charge in [-0.2, -0.15) is 0 Å². The first-order valence-corrected chi connectivity index (χ1v) is 12.6. The highest BCUT2D eigenvalue weighted by Crippen LogP contribution is 2.20. The van der Waals surface area contributed by atoms with Gasteiger partial charge in [-0.15, -0.1) is 0 Å². The highest BCUT2D eigenvalue weighted by Gasteiger charge is 2.13. The van der Waals surface area contributed by atoms with E-state index >= 15 is 0 Å². The molecule has 0 bridgehead atoms. The minimum Gasteiger partial charge on any atom is -0.496 e. The number of hydrogen-bond donors (Lipinski definition) is 1. The van der Waals surface area contributed by atoms with E-state index < -0.39 is 0 Å². The number of carbonyl (C=O) groups is 1. The highest BCUT2D eigenvalue weighted by molar-refractivity contribution is 5.96. The van der Waals surface area contributed by atoms with Gasteiger partial charge in [0.15, 0.2) is 0 Å². The van der Waals surface area contributed by atoms with Crippen molar-refractivity contribution in [2.75, 3.05) is 20.3 Å². The van der Waals surface area contributed by atoms with Gasteiger partial charge in [0.1, 0.15) is 17.3 Å². The van der Waals surface area contributed by atoms with Crippen molar-refractivity contribution in [2.24, 2.45) is 0 Å². The van der Waals surface area contributed by atoms with Crippen LogP contribution in [0.25, 0.3) is 11.0 Å². The molecule has 0 atom stereocenters. The Hall–Kier alpha value is -3.80.